The van der Waals surface area contributed by atoms with Gasteiger partial charge in [0.2, 0.25) is 0 Å². The van der Waals surface area contributed by atoms with Gasteiger partial charge in [0, 0.05) is 47.0 Å². The van der Waals surface area contributed by atoms with Crippen molar-refractivity contribution in [3.05, 3.63) is 81.4 Å². The minimum absolute atomic E-state index is 0.294. The zero-order valence-electron chi connectivity index (χ0n) is 46.6. The number of ether oxygens (including phenoxy) is 4. The van der Waals surface area contributed by atoms with Gasteiger partial charge in [-0.3, -0.25) is 0 Å². The van der Waals surface area contributed by atoms with Crippen LogP contribution in [-0.2, 0) is 13.1 Å². The summed E-state index contributed by atoms with van der Waals surface area (Å²) >= 11 is 15.3. The van der Waals surface area contributed by atoms with Crippen molar-refractivity contribution < 1.29 is 18.9 Å². The molecule has 0 saturated heterocycles. The second-order valence-electron chi connectivity index (χ2n) is 21.8. The Kier molecular flexibility index (Phi) is 20.6. The third-order valence-corrected chi connectivity index (χ3v) is 16.7. The number of aromatic nitrogens is 2. The van der Waals surface area contributed by atoms with Crippen molar-refractivity contribution >= 4 is 78.2 Å². The van der Waals surface area contributed by atoms with Crippen molar-refractivity contribution in [1.82, 2.24) is 9.13 Å². The zero-order valence-corrected chi connectivity index (χ0v) is 48.1. The van der Waals surface area contributed by atoms with Crippen LogP contribution in [-0.4, -0.2) is 22.3 Å². The van der Waals surface area contributed by atoms with Crippen molar-refractivity contribution in [3.8, 4) is 34.5 Å². The Morgan fingerprint density at radius 1 is 0.395 bits per heavy atom. The van der Waals surface area contributed by atoms with Gasteiger partial charge in [-0.2, -0.15) is 0 Å². The summed E-state index contributed by atoms with van der Waals surface area (Å²) in [7, 11) is 0. The lowest BCUT2D eigenvalue weighted by atomic mass is 10.1. The molecule has 0 spiro atoms. The van der Waals surface area contributed by atoms with Gasteiger partial charge < -0.3 is 28.1 Å². The molecule has 2 aliphatic heterocycles. The Morgan fingerprint density at radius 2 is 0.724 bits per heavy atom. The average Bonchev–Trinajstić information content (AvgIpc) is 4.08. The first-order valence-corrected chi connectivity index (χ1v) is 31.0. The Labute approximate surface area is 463 Å². The van der Waals surface area contributed by atoms with Gasteiger partial charge in [-0.05, 0) is 37.8 Å². The van der Waals surface area contributed by atoms with Crippen molar-refractivity contribution in [2.24, 2.45) is 9.98 Å². The Morgan fingerprint density at radius 3 is 1.09 bits per heavy atom. The molecule has 0 bridgehead atoms. The first-order valence-electron chi connectivity index (χ1n) is 30.2. The molecule has 408 valence electrons. The molecule has 5 aromatic carbocycles. The molecule has 0 aliphatic carbocycles. The van der Waals surface area contributed by atoms with E-state index >= 15 is 0 Å². The number of unbranched alkanes of at least 4 members (excludes halogenated alkanes) is 24. The molecule has 4 heterocycles. The first-order chi connectivity index (χ1) is 37.5. The van der Waals surface area contributed by atoms with Crippen molar-refractivity contribution in [1.29, 1.82) is 0 Å². The monoisotopic (exact) mass is 1070 g/mol. The van der Waals surface area contributed by atoms with E-state index in [9.17, 15) is 0 Å². The lowest BCUT2D eigenvalue weighted by molar-refractivity contribution is 0.303. The lowest BCUT2D eigenvalue weighted by Gasteiger charge is -2.24. The fourth-order valence-corrected chi connectivity index (χ4v) is 12.3. The normalized spacial score (nSPS) is 12.6. The van der Waals surface area contributed by atoms with Gasteiger partial charge in [0.1, 0.15) is 32.1 Å². The molecule has 9 rings (SSSR count). The number of halogens is 2. The van der Waals surface area contributed by atoms with Crippen LogP contribution in [0.3, 0.4) is 0 Å². The molecular formula is C66H86Cl2N4O4. The number of benzene rings is 5. The summed E-state index contributed by atoms with van der Waals surface area (Å²) in [6.45, 7) is 12.0. The predicted molar refractivity (Wildman–Crippen MR) is 320 cm³/mol. The highest BCUT2D eigenvalue weighted by Crippen LogP contribution is 2.54. The molecule has 0 radical (unpaired) electrons. The van der Waals surface area contributed by atoms with Crippen LogP contribution in [0.15, 0.2) is 70.6 Å². The molecule has 8 nitrogen and oxygen atoms in total. The van der Waals surface area contributed by atoms with E-state index in [1.165, 1.54) is 152 Å². The number of hydrogen-bond acceptors (Lipinski definition) is 6. The summed E-state index contributed by atoms with van der Waals surface area (Å²) < 4.78 is 32.9. The molecule has 7 aromatic rings. The van der Waals surface area contributed by atoms with Gasteiger partial charge in [-0.1, -0.05) is 241 Å². The topological polar surface area (TPSA) is 71.5 Å². The summed E-state index contributed by atoms with van der Waals surface area (Å²) in [4.78, 5) is 10.8. The van der Waals surface area contributed by atoms with Crippen LogP contribution >= 0.6 is 23.2 Å². The molecule has 0 N–H and O–H groups in total. The standard InChI is InChI=1S/C66H86Cl2N4O4/c1-5-9-13-17-21-23-25-33-41-71-49-39-31-29-37-47(49)55-51(71)45-53(73-43-35-27-19-15-11-7-3)59-63(55)75-65-57(67)62-66(58(68)61(65)69-59)76-64-56-48-38-30-32-40-50(48)72(42-34-26-24-22-18-14-10-6-2)52(56)46-54(60(64)70-62)74-44-36-28-20-16-12-8-4/h29-32,37-40,45-46H,5-28,33-36,41-44H2,1-4H3. The van der Waals surface area contributed by atoms with Crippen LogP contribution in [0.1, 0.15) is 207 Å². The van der Waals surface area contributed by atoms with E-state index in [1.807, 2.05) is 0 Å². The largest absolute Gasteiger partial charge is 0.491 e. The number of para-hydroxylation sites is 2. The lowest BCUT2D eigenvalue weighted by Crippen LogP contribution is -2.22. The summed E-state index contributed by atoms with van der Waals surface area (Å²) in [5, 5.41) is 5.60. The Bertz CT molecular complexity index is 2960. The maximum atomic E-state index is 7.63. The van der Waals surface area contributed by atoms with E-state index in [4.69, 9.17) is 52.1 Å². The summed E-state index contributed by atoms with van der Waals surface area (Å²) in [6.07, 6.45) is 34.2. The SMILES string of the molecule is CCCCCCCCCCn1c2ccccc2c2c3c(c(OCCCCCCCC)cc21)N=c1c(Cl)c2c(c(Cl)c1O3)=Nc1c(OCCCCCCCC)cc3c(c1O2)c1ccccc1n3CCCCCCCCCC. The number of rotatable bonds is 34. The van der Waals surface area contributed by atoms with Crippen LogP contribution in [0.25, 0.3) is 43.6 Å². The van der Waals surface area contributed by atoms with Gasteiger partial charge >= 0.3 is 0 Å². The van der Waals surface area contributed by atoms with E-state index in [2.05, 4.69) is 97.5 Å². The van der Waals surface area contributed by atoms with Crippen LogP contribution in [0, 0.1) is 0 Å². The van der Waals surface area contributed by atoms with Crippen LogP contribution < -0.4 is 29.7 Å². The number of nitrogens with zero attached hydrogens (tertiary/aromatic N) is 4. The van der Waals surface area contributed by atoms with Crippen molar-refractivity contribution in [2.75, 3.05) is 13.2 Å². The highest BCUT2D eigenvalue weighted by Gasteiger charge is 2.33. The molecule has 2 aromatic heterocycles. The highest BCUT2D eigenvalue weighted by molar-refractivity contribution is 6.35. The van der Waals surface area contributed by atoms with Crippen molar-refractivity contribution in [3.63, 3.8) is 0 Å². The number of aryl methyl sites for hydroxylation is 2. The van der Waals surface area contributed by atoms with Gasteiger partial charge in [0.25, 0.3) is 0 Å². The number of hydrogen-bond donors (Lipinski definition) is 0. The van der Waals surface area contributed by atoms with E-state index in [-0.39, 0.29) is 0 Å². The smallest absolute Gasteiger partial charge is 0.175 e. The molecule has 2 aliphatic rings. The third-order valence-electron chi connectivity index (χ3n) is 16.0. The van der Waals surface area contributed by atoms with Gasteiger partial charge in [-0.25, -0.2) is 9.98 Å². The molecule has 76 heavy (non-hydrogen) atoms. The minimum Gasteiger partial charge on any atom is -0.491 e. The highest BCUT2D eigenvalue weighted by atomic mass is 35.5. The second-order valence-corrected chi connectivity index (χ2v) is 22.6. The molecule has 0 atom stereocenters. The fourth-order valence-electron chi connectivity index (χ4n) is 11.8. The first kappa shape index (κ1) is 55.8. The maximum absolute atomic E-state index is 7.63. The van der Waals surface area contributed by atoms with E-state index in [0.717, 1.165) is 84.2 Å². The third kappa shape index (κ3) is 12.7. The molecule has 0 unspecified atom stereocenters. The van der Waals surface area contributed by atoms with E-state index in [1.54, 1.807) is 0 Å². The Balaban J connectivity index is 1.12. The summed E-state index contributed by atoms with van der Waals surface area (Å²) in [5.74, 6) is 3.33. The van der Waals surface area contributed by atoms with Crippen LogP contribution in [0.4, 0.5) is 11.4 Å². The molecular weight excluding hydrogens is 984 g/mol. The zero-order chi connectivity index (χ0) is 52.6. The van der Waals surface area contributed by atoms with Gasteiger partial charge in [0.15, 0.2) is 34.5 Å². The summed E-state index contributed by atoms with van der Waals surface area (Å²) in [6, 6.07) is 21.7. The molecule has 0 amide bonds. The van der Waals surface area contributed by atoms with Gasteiger partial charge in [0.05, 0.1) is 35.0 Å². The van der Waals surface area contributed by atoms with Crippen molar-refractivity contribution in [2.45, 2.75) is 221 Å². The van der Waals surface area contributed by atoms with E-state index in [0.29, 0.717) is 79.8 Å². The molecule has 0 fully saturated rings. The Hall–Kier alpha value is -4.92. The maximum Gasteiger partial charge on any atom is 0.175 e. The summed E-state index contributed by atoms with van der Waals surface area (Å²) in [5.41, 5.74) is 5.70. The number of fused-ring (bicyclic) bond motifs is 12. The minimum atomic E-state index is 0.294. The quantitative estimate of drug-likeness (QED) is 0.0377. The molecule has 0 saturated carbocycles. The van der Waals surface area contributed by atoms with Gasteiger partial charge in [-0.15, -0.1) is 0 Å². The fraction of sp³-hybridized carbons (Fsp3) is 0.545. The van der Waals surface area contributed by atoms with Crippen LogP contribution in [0.5, 0.6) is 34.5 Å². The molecule has 10 heteroatoms. The average molecular weight is 1070 g/mol. The van der Waals surface area contributed by atoms with E-state index < -0.39 is 0 Å². The predicted octanol–water partition coefficient (Wildman–Crippen LogP) is 21.1. The second kappa shape index (κ2) is 28.1. The van der Waals surface area contributed by atoms with Crippen LogP contribution in [0.2, 0.25) is 10.0 Å².